The van der Waals surface area contributed by atoms with Crippen molar-refractivity contribution in [3.05, 3.63) is 94.8 Å². The summed E-state index contributed by atoms with van der Waals surface area (Å²) in [5, 5.41) is 3.31. The second kappa shape index (κ2) is 6.79. The molecule has 4 rings (SSSR count). The smallest absolute Gasteiger partial charge is 0.258 e. The van der Waals surface area contributed by atoms with Crippen LogP contribution in [0.25, 0.3) is 0 Å². The molecule has 0 saturated heterocycles. The van der Waals surface area contributed by atoms with E-state index in [4.69, 9.17) is 0 Å². The first-order valence-corrected chi connectivity index (χ1v) is 8.56. The largest absolute Gasteiger partial charge is 0.360 e. The van der Waals surface area contributed by atoms with Crippen LogP contribution in [-0.4, -0.2) is 15.8 Å². The van der Waals surface area contributed by atoms with Crippen LogP contribution in [0.4, 0.5) is 14.5 Å². The number of anilines is 1. The van der Waals surface area contributed by atoms with Crippen molar-refractivity contribution in [2.75, 3.05) is 5.32 Å². The van der Waals surface area contributed by atoms with Gasteiger partial charge in [0.2, 0.25) is 0 Å². The van der Waals surface area contributed by atoms with Gasteiger partial charge in [0.1, 0.15) is 17.8 Å². The third-order valence-corrected chi connectivity index (χ3v) is 4.65. The van der Waals surface area contributed by atoms with Crippen LogP contribution >= 0.6 is 0 Å². The molecule has 1 aliphatic heterocycles. The Kier molecular flexibility index (Phi) is 4.32. The summed E-state index contributed by atoms with van der Waals surface area (Å²) in [7, 11) is 0. The van der Waals surface area contributed by atoms with Crippen molar-refractivity contribution in [1.82, 2.24) is 9.88 Å². The highest BCUT2D eigenvalue weighted by Gasteiger charge is 2.38. The maximum Gasteiger partial charge on any atom is 0.258 e. The van der Waals surface area contributed by atoms with Gasteiger partial charge in [0.15, 0.2) is 0 Å². The molecule has 0 bridgehead atoms. The first-order chi connectivity index (χ1) is 13.0. The lowest BCUT2D eigenvalue weighted by atomic mass is 10.1. The number of benzene rings is 2. The molecule has 1 atom stereocenters. The number of nitrogens with one attached hydrogen (secondary N) is 1. The quantitative estimate of drug-likeness (QED) is 0.744. The van der Waals surface area contributed by atoms with E-state index < -0.39 is 6.17 Å². The topological polar surface area (TPSA) is 45.2 Å². The second-order valence-electron chi connectivity index (χ2n) is 6.50. The minimum Gasteiger partial charge on any atom is -0.360 e. The molecule has 2 heterocycles. The molecule has 2 aromatic carbocycles. The van der Waals surface area contributed by atoms with E-state index in [0.29, 0.717) is 17.8 Å². The predicted octanol–water partition coefficient (Wildman–Crippen LogP) is 4.43. The highest BCUT2D eigenvalue weighted by Crippen LogP contribution is 2.35. The van der Waals surface area contributed by atoms with Crippen LogP contribution < -0.4 is 5.32 Å². The fraction of sp³-hybridized carbons (Fsp3) is 0.143. The van der Waals surface area contributed by atoms with E-state index >= 15 is 0 Å². The minimum absolute atomic E-state index is 0.153. The third kappa shape index (κ3) is 3.26. The van der Waals surface area contributed by atoms with Gasteiger partial charge < -0.3 is 10.2 Å². The van der Waals surface area contributed by atoms with E-state index in [2.05, 4.69) is 10.3 Å². The molecule has 0 radical (unpaired) electrons. The van der Waals surface area contributed by atoms with E-state index in [1.165, 1.54) is 24.3 Å². The number of hydrogen-bond acceptors (Lipinski definition) is 3. The van der Waals surface area contributed by atoms with Gasteiger partial charge in [-0.05, 0) is 60.5 Å². The summed E-state index contributed by atoms with van der Waals surface area (Å²) in [6, 6.07) is 13.9. The molecule has 0 unspecified atom stereocenters. The van der Waals surface area contributed by atoms with E-state index in [1.54, 1.807) is 48.4 Å². The average molecular weight is 365 g/mol. The van der Waals surface area contributed by atoms with Gasteiger partial charge in [-0.15, -0.1) is 0 Å². The van der Waals surface area contributed by atoms with Crippen LogP contribution in [0.15, 0.2) is 60.8 Å². The fourth-order valence-corrected chi connectivity index (χ4v) is 3.27. The van der Waals surface area contributed by atoms with Crippen molar-refractivity contribution in [1.29, 1.82) is 0 Å². The van der Waals surface area contributed by atoms with Crippen LogP contribution in [-0.2, 0) is 6.54 Å². The highest BCUT2D eigenvalue weighted by molar-refractivity contribution is 5.98. The molecule has 0 aliphatic carbocycles. The Labute approximate surface area is 155 Å². The van der Waals surface area contributed by atoms with Crippen LogP contribution in [0.5, 0.6) is 0 Å². The Morgan fingerprint density at radius 2 is 1.81 bits per heavy atom. The standard InChI is InChI=1S/C21H17F2N3O/c1-13-11-16(23)8-9-18(13)25-20-19-17(3-2-10-24-19)21(27)26(20)12-14-4-6-15(22)7-5-14/h2-11,20,25H,12H2,1H3/t20-/m0/s1. The Morgan fingerprint density at radius 3 is 2.56 bits per heavy atom. The number of nitrogens with zero attached hydrogens (tertiary/aromatic N) is 2. The zero-order valence-electron chi connectivity index (χ0n) is 14.6. The van der Waals surface area contributed by atoms with Crippen LogP contribution in [0.3, 0.4) is 0 Å². The van der Waals surface area contributed by atoms with Crippen molar-refractivity contribution in [2.45, 2.75) is 19.6 Å². The van der Waals surface area contributed by atoms with Gasteiger partial charge in [0, 0.05) is 18.4 Å². The number of aryl methyl sites for hydroxylation is 1. The number of carbonyl (C=O) groups is 1. The summed E-state index contributed by atoms with van der Waals surface area (Å²) in [5.41, 5.74) is 3.40. The SMILES string of the molecule is Cc1cc(F)ccc1N[C@@H]1c2ncccc2C(=O)N1Cc1ccc(F)cc1. The lowest BCUT2D eigenvalue weighted by molar-refractivity contribution is 0.0727. The monoisotopic (exact) mass is 365 g/mol. The summed E-state index contributed by atoms with van der Waals surface area (Å²) in [5.74, 6) is -0.796. The molecule has 1 N–H and O–H groups in total. The molecular formula is C21H17F2N3O. The maximum absolute atomic E-state index is 13.4. The Bertz CT molecular complexity index is 1000. The predicted molar refractivity (Wildman–Crippen MR) is 98.0 cm³/mol. The van der Waals surface area contributed by atoms with Gasteiger partial charge in [-0.25, -0.2) is 8.78 Å². The van der Waals surface area contributed by atoms with Crippen molar-refractivity contribution in [3.8, 4) is 0 Å². The minimum atomic E-state index is -0.497. The third-order valence-electron chi connectivity index (χ3n) is 4.65. The van der Waals surface area contributed by atoms with Gasteiger partial charge in [0.25, 0.3) is 5.91 Å². The van der Waals surface area contributed by atoms with Gasteiger partial charge in [-0.1, -0.05) is 12.1 Å². The number of rotatable bonds is 4. The van der Waals surface area contributed by atoms with Gasteiger partial charge in [-0.3, -0.25) is 9.78 Å². The zero-order chi connectivity index (χ0) is 19.0. The van der Waals surface area contributed by atoms with Gasteiger partial charge in [0.05, 0.1) is 11.3 Å². The van der Waals surface area contributed by atoms with E-state index in [9.17, 15) is 13.6 Å². The molecule has 1 aliphatic rings. The molecule has 3 aromatic rings. The number of aromatic nitrogens is 1. The van der Waals surface area contributed by atoms with Gasteiger partial charge in [-0.2, -0.15) is 0 Å². The van der Waals surface area contributed by atoms with Gasteiger partial charge >= 0.3 is 0 Å². The van der Waals surface area contributed by atoms with E-state index in [0.717, 1.165) is 16.8 Å². The van der Waals surface area contributed by atoms with Crippen molar-refractivity contribution >= 4 is 11.6 Å². The average Bonchev–Trinajstić information content (AvgIpc) is 2.92. The first-order valence-electron chi connectivity index (χ1n) is 8.56. The second-order valence-corrected chi connectivity index (χ2v) is 6.50. The molecule has 4 nitrogen and oxygen atoms in total. The number of halogens is 2. The van der Waals surface area contributed by atoms with Crippen LogP contribution in [0, 0.1) is 18.6 Å². The number of amides is 1. The van der Waals surface area contributed by atoms with Crippen LogP contribution in [0.2, 0.25) is 0 Å². The fourth-order valence-electron chi connectivity index (χ4n) is 3.27. The van der Waals surface area contributed by atoms with Crippen molar-refractivity contribution in [2.24, 2.45) is 0 Å². The Hall–Kier alpha value is -3.28. The highest BCUT2D eigenvalue weighted by atomic mass is 19.1. The Balaban J connectivity index is 1.70. The zero-order valence-corrected chi connectivity index (χ0v) is 14.6. The normalized spacial score (nSPS) is 15.7. The number of fused-ring (bicyclic) bond motifs is 1. The molecule has 1 amide bonds. The summed E-state index contributed by atoms with van der Waals surface area (Å²) >= 11 is 0. The summed E-state index contributed by atoms with van der Waals surface area (Å²) < 4.78 is 26.6. The molecule has 6 heteroatoms. The van der Waals surface area contributed by atoms with Crippen molar-refractivity contribution in [3.63, 3.8) is 0 Å². The number of carbonyl (C=O) groups excluding carboxylic acids is 1. The lowest BCUT2D eigenvalue weighted by Crippen LogP contribution is -2.32. The van der Waals surface area contributed by atoms with E-state index in [-0.39, 0.29) is 17.5 Å². The number of hydrogen-bond donors (Lipinski definition) is 1. The van der Waals surface area contributed by atoms with Crippen LogP contribution in [0.1, 0.15) is 33.3 Å². The molecule has 1 aromatic heterocycles. The summed E-state index contributed by atoms with van der Waals surface area (Å²) in [4.78, 5) is 18.9. The first kappa shape index (κ1) is 17.1. The van der Waals surface area contributed by atoms with Crippen molar-refractivity contribution < 1.29 is 13.6 Å². The maximum atomic E-state index is 13.4. The summed E-state index contributed by atoms with van der Waals surface area (Å²) in [6.45, 7) is 2.10. The van der Waals surface area contributed by atoms with E-state index in [1.807, 2.05) is 0 Å². The molecule has 0 spiro atoms. The lowest BCUT2D eigenvalue weighted by Gasteiger charge is -2.27. The molecular weight excluding hydrogens is 348 g/mol. The molecule has 136 valence electrons. The molecule has 0 saturated carbocycles. The number of pyridine rings is 1. The summed E-state index contributed by atoms with van der Waals surface area (Å²) in [6.07, 6.45) is 1.14. The molecule has 0 fully saturated rings. The molecule has 27 heavy (non-hydrogen) atoms. The Morgan fingerprint density at radius 1 is 1.07 bits per heavy atom.